The van der Waals surface area contributed by atoms with E-state index in [1.54, 1.807) is 42.7 Å². The van der Waals surface area contributed by atoms with Crippen molar-refractivity contribution in [3.63, 3.8) is 0 Å². The van der Waals surface area contributed by atoms with Gasteiger partial charge in [-0.1, -0.05) is 42.5 Å². The smallest absolute Gasteiger partial charge is 0.319 e. The second kappa shape index (κ2) is 11.6. The highest BCUT2D eigenvalue weighted by Crippen LogP contribution is 2.24. The zero-order chi connectivity index (χ0) is 25.3. The summed E-state index contributed by atoms with van der Waals surface area (Å²) < 4.78 is 1.85. The number of hydrogen-bond donors (Lipinski definition) is 3. The third-order valence-corrected chi connectivity index (χ3v) is 5.18. The molecule has 2 heterocycles. The first-order valence-corrected chi connectivity index (χ1v) is 11.7. The molecule has 182 valence electrons. The van der Waals surface area contributed by atoms with Gasteiger partial charge < -0.3 is 16.0 Å². The number of hydrogen-bond acceptors (Lipinski definition) is 4. The van der Waals surface area contributed by atoms with Gasteiger partial charge in [0.05, 0.1) is 17.9 Å². The minimum atomic E-state index is -0.339. The van der Waals surface area contributed by atoms with Crippen molar-refractivity contribution < 1.29 is 9.59 Å². The van der Waals surface area contributed by atoms with Crippen molar-refractivity contribution >= 4 is 29.4 Å². The standard InChI is InChI=1S/C28H28N6O2/c1-20(2)30-28(36)32-25-13-7-6-12-24(25)31-26(35)15-14-23-19-34(18-21-9-4-3-5-10-21)33-27(23)22-11-8-16-29-17-22/h3-17,19-20H,18H2,1-2H3,(H,31,35)(H2,30,32,36)/b15-14+. The summed E-state index contributed by atoms with van der Waals surface area (Å²) in [6.45, 7) is 4.35. The highest BCUT2D eigenvalue weighted by molar-refractivity contribution is 6.05. The predicted octanol–water partition coefficient (Wildman–Crippen LogP) is 5.18. The molecule has 8 nitrogen and oxygen atoms in total. The zero-order valence-electron chi connectivity index (χ0n) is 20.2. The van der Waals surface area contributed by atoms with Crippen LogP contribution in [0.3, 0.4) is 0 Å². The number of nitrogens with zero attached hydrogens (tertiary/aromatic N) is 3. The Hall–Kier alpha value is -4.72. The Kier molecular flexibility index (Phi) is 7.87. The van der Waals surface area contributed by atoms with E-state index in [2.05, 4.69) is 20.9 Å². The summed E-state index contributed by atoms with van der Waals surface area (Å²) >= 11 is 0. The van der Waals surface area contributed by atoms with E-state index in [4.69, 9.17) is 5.10 Å². The highest BCUT2D eigenvalue weighted by Gasteiger charge is 2.12. The van der Waals surface area contributed by atoms with Crippen LogP contribution in [0.15, 0.2) is 91.4 Å². The lowest BCUT2D eigenvalue weighted by Gasteiger charge is -2.13. The molecule has 4 aromatic rings. The van der Waals surface area contributed by atoms with Crippen molar-refractivity contribution in [1.29, 1.82) is 0 Å². The Balaban J connectivity index is 1.53. The number of urea groups is 1. The number of para-hydroxylation sites is 2. The molecular weight excluding hydrogens is 452 g/mol. The number of benzene rings is 2. The van der Waals surface area contributed by atoms with Gasteiger partial charge in [0, 0.05) is 41.8 Å². The first-order chi connectivity index (χ1) is 17.5. The Morgan fingerprint density at radius 3 is 2.36 bits per heavy atom. The van der Waals surface area contributed by atoms with Crippen LogP contribution in [-0.4, -0.2) is 32.7 Å². The number of rotatable bonds is 8. The third kappa shape index (κ3) is 6.66. The molecule has 3 N–H and O–H groups in total. The van der Waals surface area contributed by atoms with Crippen molar-refractivity contribution in [3.05, 3.63) is 103 Å². The number of carbonyl (C=O) groups is 2. The molecule has 36 heavy (non-hydrogen) atoms. The second-order valence-electron chi connectivity index (χ2n) is 8.48. The van der Waals surface area contributed by atoms with Gasteiger partial charge in [0.25, 0.3) is 0 Å². The van der Waals surface area contributed by atoms with Crippen molar-refractivity contribution in [3.8, 4) is 11.3 Å². The Bertz CT molecular complexity index is 1350. The van der Waals surface area contributed by atoms with Gasteiger partial charge in [-0.15, -0.1) is 0 Å². The average Bonchev–Trinajstić information content (AvgIpc) is 3.27. The molecule has 0 aliphatic heterocycles. The molecule has 8 heteroatoms. The highest BCUT2D eigenvalue weighted by atomic mass is 16.2. The van der Waals surface area contributed by atoms with Gasteiger partial charge in [-0.3, -0.25) is 14.5 Å². The van der Waals surface area contributed by atoms with Crippen molar-refractivity contribution in [2.24, 2.45) is 0 Å². The van der Waals surface area contributed by atoms with Crippen LogP contribution in [0.25, 0.3) is 17.3 Å². The van der Waals surface area contributed by atoms with Crippen LogP contribution in [0.4, 0.5) is 16.2 Å². The van der Waals surface area contributed by atoms with E-state index in [-0.39, 0.29) is 18.0 Å². The van der Waals surface area contributed by atoms with E-state index >= 15 is 0 Å². The Morgan fingerprint density at radius 1 is 0.944 bits per heavy atom. The van der Waals surface area contributed by atoms with Crippen LogP contribution >= 0.6 is 0 Å². The number of pyridine rings is 1. The molecule has 0 saturated carbocycles. The molecule has 0 bridgehead atoms. The van der Waals surface area contributed by atoms with Crippen molar-refractivity contribution in [2.75, 3.05) is 10.6 Å². The second-order valence-corrected chi connectivity index (χ2v) is 8.48. The maximum absolute atomic E-state index is 12.8. The third-order valence-electron chi connectivity index (χ3n) is 5.18. The van der Waals surface area contributed by atoms with Crippen molar-refractivity contribution in [1.82, 2.24) is 20.1 Å². The molecule has 0 radical (unpaired) electrons. The predicted molar refractivity (Wildman–Crippen MR) is 142 cm³/mol. The van der Waals surface area contributed by atoms with E-state index in [0.29, 0.717) is 17.9 Å². The van der Waals surface area contributed by atoms with Crippen LogP contribution in [0.1, 0.15) is 25.0 Å². The summed E-state index contributed by atoms with van der Waals surface area (Å²) in [4.78, 5) is 29.1. The van der Waals surface area contributed by atoms with Gasteiger partial charge in [0.15, 0.2) is 0 Å². The van der Waals surface area contributed by atoms with Crippen LogP contribution in [0.5, 0.6) is 0 Å². The van der Waals surface area contributed by atoms with Crippen LogP contribution in [-0.2, 0) is 11.3 Å². The molecular formula is C28H28N6O2. The van der Waals surface area contributed by atoms with Gasteiger partial charge in [-0.05, 0) is 49.8 Å². The maximum Gasteiger partial charge on any atom is 0.319 e. The molecule has 0 unspecified atom stereocenters. The lowest BCUT2D eigenvalue weighted by Crippen LogP contribution is -2.34. The van der Waals surface area contributed by atoms with Gasteiger partial charge >= 0.3 is 6.03 Å². The number of carbonyl (C=O) groups excluding carboxylic acids is 2. The molecule has 4 rings (SSSR count). The van der Waals surface area contributed by atoms with Gasteiger partial charge in [-0.2, -0.15) is 5.10 Å². The summed E-state index contributed by atoms with van der Waals surface area (Å²) in [7, 11) is 0. The van der Waals surface area contributed by atoms with Crippen LogP contribution in [0.2, 0.25) is 0 Å². The fourth-order valence-corrected chi connectivity index (χ4v) is 3.60. The normalized spacial score (nSPS) is 11.0. The van der Waals surface area contributed by atoms with E-state index in [1.165, 1.54) is 6.08 Å². The first-order valence-electron chi connectivity index (χ1n) is 11.7. The summed E-state index contributed by atoms with van der Waals surface area (Å²) in [5.41, 5.74) is 4.50. The lowest BCUT2D eigenvalue weighted by atomic mass is 10.1. The molecule has 2 aromatic heterocycles. The fraction of sp³-hybridized carbons (Fsp3) is 0.143. The Morgan fingerprint density at radius 2 is 1.67 bits per heavy atom. The quantitative estimate of drug-likeness (QED) is 0.303. The van der Waals surface area contributed by atoms with E-state index in [1.807, 2.05) is 67.2 Å². The SMILES string of the molecule is CC(C)NC(=O)Nc1ccccc1NC(=O)/C=C/c1cn(Cc2ccccc2)nc1-c1cccnc1. The fourth-order valence-electron chi connectivity index (χ4n) is 3.60. The molecule has 3 amide bonds. The zero-order valence-corrected chi connectivity index (χ0v) is 20.2. The summed E-state index contributed by atoms with van der Waals surface area (Å²) in [6.07, 6.45) is 8.55. The summed E-state index contributed by atoms with van der Waals surface area (Å²) in [5, 5.41) is 13.1. The number of nitrogens with one attached hydrogen (secondary N) is 3. The first kappa shape index (κ1) is 24.4. The number of aromatic nitrogens is 3. The van der Waals surface area contributed by atoms with E-state index in [9.17, 15) is 9.59 Å². The molecule has 0 atom stereocenters. The molecule has 2 aromatic carbocycles. The monoisotopic (exact) mass is 480 g/mol. The number of anilines is 2. The van der Waals surface area contributed by atoms with Crippen LogP contribution in [0, 0.1) is 0 Å². The minimum Gasteiger partial charge on any atom is -0.336 e. The molecule has 0 fully saturated rings. The molecule has 0 saturated heterocycles. The van der Waals surface area contributed by atoms with Crippen LogP contribution < -0.4 is 16.0 Å². The van der Waals surface area contributed by atoms with Gasteiger partial charge in [-0.25, -0.2) is 4.79 Å². The van der Waals surface area contributed by atoms with Gasteiger partial charge in [0.1, 0.15) is 5.69 Å². The molecule has 0 spiro atoms. The summed E-state index contributed by atoms with van der Waals surface area (Å²) in [6, 6.07) is 20.5. The Labute approximate surface area is 210 Å². The van der Waals surface area contributed by atoms with E-state index < -0.39 is 0 Å². The minimum absolute atomic E-state index is 0.00787. The lowest BCUT2D eigenvalue weighted by molar-refractivity contribution is -0.111. The maximum atomic E-state index is 12.8. The topological polar surface area (TPSA) is 101 Å². The van der Waals surface area contributed by atoms with E-state index in [0.717, 1.165) is 22.4 Å². The average molecular weight is 481 g/mol. The van der Waals surface area contributed by atoms with Gasteiger partial charge in [0.2, 0.25) is 5.91 Å². The van der Waals surface area contributed by atoms with Crippen molar-refractivity contribution in [2.45, 2.75) is 26.4 Å². The number of amides is 3. The largest absolute Gasteiger partial charge is 0.336 e. The summed E-state index contributed by atoms with van der Waals surface area (Å²) in [5.74, 6) is -0.332. The molecule has 0 aliphatic carbocycles. The molecule has 0 aliphatic rings.